The Balaban J connectivity index is 1.90. The first-order chi connectivity index (χ1) is 10.5. The lowest BCUT2D eigenvalue weighted by Crippen LogP contribution is -2.34. The molecule has 0 bridgehead atoms. The van der Waals surface area contributed by atoms with Crippen LogP contribution in [0.5, 0.6) is 0 Å². The Kier molecular flexibility index (Phi) is 6.23. The zero-order chi connectivity index (χ0) is 15.9. The normalized spacial score (nSPS) is 10.3. The van der Waals surface area contributed by atoms with E-state index in [1.807, 2.05) is 31.2 Å². The van der Waals surface area contributed by atoms with E-state index in [-0.39, 0.29) is 0 Å². The molecule has 22 heavy (non-hydrogen) atoms. The molecular formula is C14H16ClN5S2. The molecule has 0 atom stereocenters. The first kappa shape index (κ1) is 16.8. The van der Waals surface area contributed by atoms with Crippen LogP contribution in [0.15, 0.2) is 47.9 Å². The number of thioether (sulfide) groups is 1. The second kappa shape index (κ2) is 8.17. The average Bonchev–Trinajstić information content (AvgIpc) is 2.92. The minimum absolute atomic E-state index is 0.496. The topological polar surface area (TPSA) is 54.8 Å². The van der Waals surface area contributed by atoms with Crippen molar-refractivity contribution in [3.63, 3.8) is 0 Å². The molecular weight excluding hydrogens is 338 g/mol. The van der Waals surface area contributed by atoms with Crippen LogP contribution in [0.2, 0.25) is 5.02 Å². The van der Waals surface area contributed by atoms with Gasteiger partial charge in [0.2, 0.25) is 5.16 Å². The standard InChI is InChI=1S/C14H16ClN5S2/c1-10(2)7-16-13(21)19-20-9-17-18-14(20)22-8-11-3-5-12(15)6-4-11/h3-6,9H,1,7-8H2,2H3,(H2,16,19,21). The third kappa shape index (κ3) is 5.32. The van der Waals surface area contributed by atoms with E-state index < -0.39 is 0 Å². The van der Waals surface area contributed by atoms with Gasteiger partial charge in [0.25, 0.3) is 0 Å². The molecule has 0 aliphatic carbocycles. The zero-order valence-corrected chi connectivity index (χ0v) is 14.4. The Bertz CT molecular complexity index is 654. The Labute approximate surface area is 144 Å². The second-order valence-corrected chi connectivity index (χ2v) is 6.44. The monoisotopic (exact) mass is 353 g/mol. The van der Waals surface area contributed by atoms with Gasteiger partial charge < -0.3 is 5.32 Å². The highest BCUT2D eigenvalue weighted by Crippen LogP contribution is 2.21. The second-order valence-electron chi connectivity index (χ2n) is 4.65. The van der Waals surface area contributed by atoms with E-state index in [1.54, 1.807) is 22.8 Å². The molecule has 1 heterocycles. The number of rotatable bonds is 6. The van der Waals surface area contributed by atoms with Crippen molar-refractivity contribution < 1.29 is 0 Å². The molecule has 5 nitrogen and oxygen atoms in total. The van der Waals surface area contributed by atoms with Crippen molar-refractivity contribution in [1.29, 1.82) is 0 Å². The summed E-state index contributed by atoms with van der Waals surface area (Å²) in [5.41, 5.74) is 5.18. The molecule has 0 saturated heterocycles. The van der Waals surface area contributed by atoms with Crippen molar-refractivity contribution >= 4 is 40.7 Å². The summed E-state index contributed by atoms with van der Waals surface area (Å²) in [6.07, 6.45) is 1.58. The SMILES string of the molecule is C=C(C)CNC(=S)Nn1cnnc1SCc1ccc(Cl)cc1. The maximum Gasteiger partial charge on any atom is 0.210 e. The molecule has 0 saturated carbocycles. The number of halogens is 1. The van der Waals surface area contributed by atoms with Gasteiger partial charge in [-0.15, -0.1) is 10.2 Å². The lowest BCUT2D eigenvalue weighted by atomic mass is 10.2. The van der Waals surface area contributed by atoms with Crippen molar-refractivity contribution in [2.75, 3.05) is 12.0 Å². The maximum absolute atomic E-state index is 5.88. The number of hydrogen-bond donors (Lipinski definition) is 2. The highest BCUT2D eigenvalue weighted by Gasteiger charge is 2.07. The predicted octanol–water partition coefficient (Wildman–Crippen LogP) is 3.22. The lowest BCUT2D eigenvalue weighted by Gasteiger charge is -2.12. The van der Waals surface area contributed by atoms with E-state index in [9.17, 15) is 0 Å². The summed E-state index contributed by atoms with van der Waals surface area (Å²) in [5.74, 6) is 0.767. The molecule has 0 unspecified atom stereocenters. The Morgan fingerprint density at radius 1 is 1.41 bits per heavy atom. The number of thiocarbonyl (C=S) groups is 1. The predicted molar refractivity (Wildman–Crippen MR) is 95.8 cm³/mol. The molecule has 2 rings (SSSR count). The first-order valence-corrected chi connectivity index (χ1v) is 8.28. The number of aromatic nitrogens is 3. The van der Waals surface area contributed by atoms with Crippen LogP contribution in [0.3, 0.4) is 0 Å². The fraction of sp³-hybridized carbons (Fsp3) is 0.214. The zero-order valence-electron chi connectivity index (χ0n) is 12.0. The fourth-order valence-corrected chi connectivity index (χ4v) is 2.63. The smallest absolute Gasteiger partial charge is 0.210 e. The molecule has 0 spiro atoms. The van der Waals surface area contributed by atoms with E-state index in [1.165, 1.54) is 0 Å². The largest absolute Gasteiger partial charge is 0.358 e. The van der Waals surface area contributed by atoms with Crippen LogP contribution in [0.1, 0.15) is 12.5 Å². The number of nitrogens with one attached hydrogen (secondary N) is 2. The van der Waals surface area contributed by atoms with Gasteiger partial charge in [0.1, 0.15) is 6.33 Å². The van der Waals surface area contributed by atoms with Gasteiger partial charge in [-0.2, -0.15) is 0 Å². The molecule has 1 aromatic heterocycles. The van der Waals surface area contributed by atoms with Gasteiger partial charge >= 0.3 is 0 Å². The van der Waals surface area contributed by atoms with E-state index in [0.717, 1.165) is 27.1 Å². The summed E-state index contributed by atoms with van der Waals surface area (Å²) in [5, 5.41) is 13.0. The summed E-state index contributed by atoms with van der Waals surface area (Å²) in [6.45, 7) is 6.37. The van der Waals surface area contributed by atoms with Crippen LogP contribution >= 0.6 is 35.6 Å². The molecule has 8 heteroatoms. The van der Waals surface area contributed by atoms with Crippen molar-refractivity contribution in [2.24, 2.45) is 0 Å². The number of benzene rings is 1. The molecule has 0 radical (unpaired) electrons. The highest BCUT2D eigenvalue weighted by atomic mass is 35.5. The lowest BCUT2D eigenvalue weighted by molar-refractivity contribution is 0.819. The summed E-state index contributed by atoms with van der Waals surface area (Å²) >= 11 is 12.6. The summed E-state index contributed by atoms with van der Waals surface area (Å²) in [4.78, 5) is 0. The summed E-state index contributed by atoms with van der Waals surface area (Å²) in [6, 6.07) is 7.72. The van der Waals surface area contributed by atoms with Crippen LogP contribution in [0.4, 0.5) is 0 Å². The van der Waals surface area contributed by atoms with E-state index in [0.29, 0.717) is 11.7 Å². The van der Waals surface area contributed by atoms with Gasteiger partial charge in [0, 0.05) is 17.3 Å². The Hall–Kier alpha value is -1.57. The molecule has 0 amide bonds. The Morgan fingerprint density at radius 2 is 2.14 bits per heavy atom. The highest BCUT2D eigenvalue weighted by molar-refractivity contribution is 7.98. The van der Waals surface area contributed by atoms with Gasteiger partial charge in [0.15, 0.2) is 5.11 Å². The van der Waals surface area contributed by atoms with Crippen LogP contribution in [-0.4, -0.2) is 26.5 Å². The fourth-order valence-electron chi connectivity index (χ4n) is 1.51. The molecule has 116 valence electrons. The molecule has 2 N–H and O–H groups in total. The van der Waals surface area contributed by atoms with Crippen molar-refractivity contribution in [3.8, 4) is 0 Å². The van der Waals surface area contributed by atoms with Gasteiger partial charge in [-0.1, -0.05) is 47.6 Å². The van der Waals surface area contributed by atoms with Gasteiger partial charge in [-0.25, -0.2) is 4.68 Å². The van der Waals surface area contributed by atoms with Crippen LogP contribution in [-0.2, 0) is 5.75 Å². The van der Waals surface area contributed by atoms with Crippen LogP contribution in [0, 0.1) is 0 Å². The quantitative estimate of drug-likeness (QED) is 0.472. The van der Waals surface area contributed by atoms with Crippen molar-refractivity contribution in [3.05, 3.63) is 53.3 Å². The molecule has 1 aromatic carbocycles. The number of hydrogen-bond acceptors (Lipinski definition) is 4. The van der Waals surface area contributed by atoms with E-state index >= 15 is 0 Å². The van der Waals surface area contributed by atoms with Crippen molar-refractivity contribution in [1.82, 2.24) is 20.2 Å². The van der Waals surface area contributed by atoms with E-state index in [2.05, 4.69) is 27.5 Å². The third-order valence-electron chi connectivity index (χ3n) is 2.57. The molecule has 0 fully saturated rings. The van der Waals surface area contributed by atoms with Crippen LogP contribution < -0.4 is 10.7 Å². The first-order valence-electron chi connectivity index (χ1n) is 6.51. The minimum atomic E-state index is 0.496. The van der Waals surface area contributed by atoms with Gasteiger partial charge in [-0.3, -0.25) is 5.43 Å². The van der Waals surface area contributed by atoms with Gasteiger partial charge in [-0.05, 0) is 36.8 Å². The maximum atomic E-state index is 5.88. The minimum Gasteiger partial charge on any atom is -0.358 e. The van der Waals surface area contributed by atoms with Crippen LogP contribution in [0.25, 0.3) is 0 Å². The molecule has 2 aromatic rings. The summed E-state index contributed by atoms with van der Waals surface area (Å²) in [7, 11) is 0. The Morgan fingerprint density at radius 3 is 2.82 bits per heavy atom. The third-order valence-corrected chi connectivity index (χ3v) is 4.07. The average molecular weight is 354 g/mol. The molecule has 0 aliphatic heterocycles. The van der Waals surface area contributed by atoms with E-state index in [4.69, 9.17) is 23.8 Å². The van der Waals surface area contributed by atoms with Crippen molar-refractivity contribution in [2.45, 2.75) is 17.8 Å². The molecule has 0 aliphatic rings. The number of nitrogens with zero attached hydrogens (tertiary/aromatic N) is 3. The summed E-state index contributed by atoms with van der Waals surface area (Å²) < 4.78 is 1.69. The van der Waals surface area contributed by atoms with Gasteiger partial charge in [0.05, 0.1) is 0 Å².